The number of methoxy groups -OCH3 is 1. The van der Waals surface area contributed by atoms with Crippen LogP contribution >= 0.6 is 11.3 Å². The van der Waals surface area contributed by atoms with Crippen molar-refractivity contribution in [2.75, 3.05) is 12.0 Å². The molecule has 150 valence electrons. The van der Waals surface area contributed by atoms with Crippen LogP contribution in [-0.4, -0.2) is 23.9 Å². The average molecular weight is 410 g/mol. The lowest BCUT2D eigenvalue weighted by Crippen LogP contribution is -2.36. The van der Waals surface area contributed by atoms with Crippen LogP contribution in [0.2, 0.25) is 0 Å². The van der Waals surface area contributed by atoms with Gasteiger partial charge in [-0.1, -0.05) is 18.2 Å². The largest absolute Gasteiger partial charge is 0.507 e. The van der Waals surface area contributed by atoms with Crippen molar-refractivity contribution in [3.8, 4) is 17.6 Å². The number of anilines is 1. The van der Waals surface area contributed by atoms with Crippen molar-refractivity contribution >= 4 is 32.5 Å². The van der Waals surface area contributed by atoms with E-state index in [4.69, 9.17) is 9.47 Å². The van der Waals surface area contributed by atoms with Gasteiger partial charge in [-0.15, -0.1) is 11.3 Å². The number of hydrogen-bond acceptors (Lipinski definition) is 6. The molecule has 1 N–H and O–H groups in total. The van der Waals surface area contributed by atoms with Crippen LogP contribution in [0.15, 0.2) is 42.5 Å². The second kappa shape index (κ2) is 8.02. The number of rotatable bonds is 4. The van der Waals surface area contributed by atoms with E-state index in [9.17, 15) is 15.2 Å². The van der Waals surface area contributed by atoms with Gasteiger partial charge in [0.05, 0.1) is 24.6 Å². The molecule has 0 aliphatic heterocycles. The lowest BCUT2D eigenvalue weighted by molar-refractivity contribution is 0.0578. The molecule has 1 heterocycles. The molecule has 0 saturated heterocycles. The highest BCUT2D eigenvalue weighted by atomic mass is 32.1. The lowest BCUT2D eigenvalue weighted by Gasteiger charge is -2.27. The van der Waals surface area contributed by atoms with Gasteiger partial charge in [0.15, 0.2) is 0 Å². The smallest absolute Gasteiger partial charge is 0.415 e. The molecule has 0 atom stereocenters. The maximum Gasteiger partial charge on any atom is 0.415 e. The highest BCUT2D eigenvalue weighted by Crippen LogP contribution is 2.42. The number of nitrogens with zero attached hydrogens (tertiary/aromatic N) is 2. The molecule has 2 aromatic carbocycles. The Balaban J connectivity index is 2.09. The van der Waals surface area contributed by atoms with E-state index in [-0.39, 0.29) is 17.9 Å². The molecule has 0 aliphatic rings. The molecule has 0 radical (unpaired) electrons. The highest BCUT2D eigenvalue weighted by Gasteiger charge is 2.28. The first-order chi connectivity index (χ1) is 13.7. The maximum atomic E-state index is 13.0. The fraction of sp³-hybridized carbons (Fsp3) is 0.273. The second-order valence-electron chi connectivity index (χ2n) is 7.46. The minimum atomic E-state index is -0.694. The Labute approximate surface area is 173 Å². The van der Waals surface area contributed by atoms with Crippen molar-refractivity contribution in [3.05, 3.63) is 53.6 Å². The van der Waals surface area contributed by atoms with Crippen LogP contribution in [0.1, 0.15) is 31.9 Å². The van der Waals surface area contributed by atoms with Crippen molar-refractivity contribution in [3.63, 3.8) is 0 Å². The van der Waals surface area contributed by atoms with Crippen LogP contribution in [0.5, 0.6) is 11.5 Å². The molecular weight excluding hydrogens is 388 g/mol. The second-order valence-corrected chi connectivity index (χ2v) is 8.49. The van der Waals surface area contributed by atoms with Crippen LogP contribution in [-0.2, 0) is 11.3 Å². The number of amides is 1. The Morgan fingerprint density at radius 2 is 1.90 bits per heavy atom. The number of phenols is 1. The highest BCUT2D eigenvalue weighted by molar-refractivity contribution is 7.23. The summed E-state index contributed by atoms with van der Waals surface area (Å²) in [4.78, 5) is 14.5. The minimum Gasteiger partial charge on any atom is -0.507 e. The van der Waals surface area contributed by atoms with Gasteiger partial charge < -0.3 is 14.6 Å². The Morgan fingerprint density at radius 3 is 2.48 bits per heavy atom. The molecule has 0 aliphatic carbocycles. The standard InChI is InChI=1S/C22H22N2O4S/c1-22(2,3)28-21(26)24(13-14-8-10-15(27-4)11-9-14)20-16(12-23)19-17(25)6-5-7-18(19)29-20/h5-11,25H,13H2,1-4H3. The van der Waals surface area contributed by atoms with E-state index in [1.165, 1.54) is 22.3 Å². The number of phenolic OH excluding ortho intramolecular Hbond substituents is 1. The summed E-state index contributed by atoms with van der Waals surface area (Å²) in [5.74, 6) is 0.720. The van der Waals surface area contributed by atoms with Gasteiger partial charge in [-0.2, -0.15) is 5.26 Å². The fourth-order valence-corrected chi connectivity index (χ4v) is 4.02. The molecule has 3 rings (SSSR count). The summed E-state index contributed by atoms with van der Waals surface area (Å²) in [6.07, 6.45) is -0.559. The molecule has 0 unspecified atom stereocenters. The molecule has 7 heteroatoms. The summed E-state index contributed by atoms with van der Waals surface area (Å²) in [6, 6.07) is 14.5. The molecule has 29 heavy (non-hydrogen) atoms. The Kier molecular flexibility index (Phi) is 5.66. The van der Waals surface area contributed by atoms with Gasteiger partial charge in [0.1, 0.15) is 28.2 Å². The number of carbonyl (C=O) groups is 1. The molecule has 0 spiro atoms. The first kappa shape index (κ1) is 20.5. The van der Waals surface area contributed by atoms with Gasteiger partial charge in [-0.05, 0) is 50.6 Å². The summed E-state index contributed by atoms with van der Waals surface area (Å²) >= 11 is 1.27. The average Bonchev–Trinajstić information content (AvgIpc) is 3.04. The number of hydrogen-bond donors (Lipinski definition) is 1. The molecule has 1 aromatic heterocycles. The number of benzene rings is 2. The topological polar surface area (TPSA) is 82.8 Å². The van der Waals surface area contributed by atoms with Crippen LogP contribution in [0.4, 0.5) is 9.80 Å². The minimum absolute atomic E-state index is 0.00939. The summed E-state index contributed by atoms with van der Waals surface area (Å²) in [6.45, 7) is 5.58. The van der Waals surface area contributed by atoms with Crippen molar-refractivity contribution in [2.45, 2.75) is 32.9 Å². The fourth-order valence-electron chi connectivity index (χ4n) is 2.86. The van der Waals surface area contributed by atoms with E-state index < -0.39 is 11.7 Å². The number of nitriles is 1. The lowest BCUT2D eigenvalue weighted by atomic mass is 10.1. The molecule has 0 bridgehead atoms. The van der Waals surface area contributed by atoms with Crippen molar-refractivity contribution < 1.29 is 19.4 Å². The monoisotopic (exact) mass is 410 g/mol. The van der Waals surface area contributed by atoms with Gasteiger partial charge in [0.25, 0.3) is 0 Å². The number of aromatic hydroxyl groups is 1. The quantitative estimate of drug-likeness (QED) is 0.620. The van der Waals surface area contributed by atoms with Crippen molar-refractivity contribution in [1.29, 1.82) is 5.26 Å². The molecular formula is C22H22N2O4S. The molecule has 1 amide bonds. The van der Waals surface area contributed by atoms with Crippen molar-refractivity contribution in [2.24, 2.45) is 0 Å². The first-order valence-electron chi connectivity index (χ1n) is 9.01. The van der Waals surface area contributed by atoms with E-state index in [1.807, 2.05) is 30.3 Å². The van der Waals surface area contributed by atoms with Gasteiger partial charge in [0.2, 0.25) is 0 Å². The van der Waals surface area contributed by atoms with Crippen LogP contribution in [0, 0.1) is 11.3 Å². The van der Waals surface area contributed by atoms with Gasteiger partial charge in [-0.25, -0.2) is 4.79 Å². The third-order valence-corrected chi connectivity index (χ3v) is 5.32. The summed E-state index contributed by atoms with van der Waals surface area (Å²) in [5.41, 5.74) is 0.408. The predicted molar refractivity (Wildman–Crippen MR) is 114 cm³/mol. The molecule has 0 saturated carbocycles. The summed E-state index contributed by atoms with van der Waals surface area (Å²) < 4.78 is 11.5. The van der Waals surface area contributed by atoms with Gasteiger partial charge in [0, 0.05) is 4.70 Å². The zero-order valence-corrected chi connectivity index (χ0v) is 17.5. The van der Waals surface area contributed by atoms with E-state index in [0.29, 0.717) is 16.1 Å². The first-order valence-corrected chi connectivity index (χ1v) is 9.83. The van der Waals surface area contributed by atoms with Crippen molar-refractivity contribution in [1.82, 2.24) is 0 Å². The normalized spacial score (nSPS) is 11.1. The van der Waals surface area contributed by atoms with E-state index in [1.54, 1.807) is 33.9 Å². The van der Waals surface area contributed by atoms with Gasteiger partial charge >= 0.3 is 6.09 Å². The number of thiophene rings is 1. The summed E-state index contributed by atoms with van der Waals surface area (Å²) in [5, 5.41) is 20.9. The zero-order chi connectivity index (χ0) is 21.2. The van der Waals surface area contributed by atoms with E-state index in [2.05, 4.69) is 6.07 Å². The summed E-state index contributed by atoms with van der Waals surface area (Å²) in [7, 11) is 1.59. The Bertz CT molecular complexity index is 1080. The molecule has 3 aromatic rings. The Morgan fingerprint density at radius 1 is 1.21 bits per heavy atom. The molecule has 0 fully saturated rings. The number of fused-ring (bicyclic) bond motifs is 1. The van der Waals surface area contributed by atoms with Crippen LogP contribution < -0.4 is 9.64 Å². The van der Waals surface area contributed by atoms with Crippen LogP contribution in [0.25, 0.3) is 10.1 Å². The predicted octanol–water partition coefficient (Wildman–Crippen LogP) is 5.43. The number of ether oxygens (including phenoxy) is 2. The van der Waals surface area contributed by atoms with E-state index in [0.717, 1.165) is 10.3 Å². The third kappa shape index (κ3) is 4.44. The zero-order valence-electron chi connectivity index (χ0n) is 16.7. The molecule has 6 nitrogen and oxygen atoms in total. The third-order valence-electron chi connectivity index (χ3n) is 4.15. The van der Waals surface area contributed by atoms with Crippen LogP contribution in [0.3, 0.4) is 0 Å². The maximum absolute atomic E-state index is 13.0. The van der Waals surface area contributed by atoms with E-state index >= 15 is 0 Å². The SMILES string of the molecule is COc1ccc(CN(C(=O)OC(C)(C)C)c2sc3cccc(O)c3c2C#N)cc1. The van der Waals surface area contributed by atoms with Gasteiger partial charge in [-0.3, -0.25) is 4.90 Å². The number of carbonyl (C=O) groups excluding carboxylic acids is 1. The Hall–Kier alpha value is -3.24.